The Labute approximate surface area is 110 Å². The van der Waals surface area contributed by atoms with E-state index in [-0.39, 0.29) is 18.0 Å². The van der Waals surface area contributed by atoms with E-state index in [9.17, 15) is 9.59 Å². The molecule has 0 spiro atoms. The third kappa shape index (κ3) is 5.77. The number of carbonyl (C=O) groups excluding carboxylic acids is 1. The summed E-state index contributed by atoms with van der Waals surface area (Å²) in [6.45, 7) is 1.27. The van der Waals surface area contributed by atoms with Crippen molar-refractivity contribution in [3.05, 3.63) is 18.1 Å². The minimum atomic E-state index is -1.14. The van der Waals surface area contributed by atoms with Crippen molar-refractivity contribution >= 4 is 17.7 Å². The summed E-state index contributed by atoms with van der Waals surface area (Å²) in [6.07, 6.45) is 2.81. The first-order chi connectivity index (χ1) is 9.13. The second-order valence-electron chi connectivity index (χ2n) is 3.61. The van der Waals surface area contributed by atoms with Crippen LogP contribution in [0.4, 0.5) is 5.82 Å². The van der Waals surface area contributed by atoms with Crippen LogP contribution in [0.5, 0.6) is 0 Å². The number of aromatic nitrogens is 2. The molecule has 19 heavy (non-hydrogen) atoms. The maximum Gasteiger partial charge on any atom is 0.356 e. The third-order valence-corrected chi connectivity index (χ3v) is 2.14. The molecule has 0 aliphatic heterocycles. The number of anilines is 1. The van der Waals surface area contributed by atoms with Crippen molar-refractivity contribution < 1.29 is 19.4 Å². The van der Waals surface area contributed by atoms with E-state index in [0.29, 0.717) is 25.5 Å². The Hall–Kier alpha value is -2.22. The monoisotopic (exact) mass is 268 g/mol. The Balaban J connectivity index is 2.31. The Morgan fingerprint density at radius 3 is 2.84 bits per heavy atom. The summed E-state index contributed by atoms with van der Waals surface area (Å²) >= 11 is 0. The van der Waals surface area contributed by atoms with E-state index < -0.39 is 5.97 Å². The van der Waals surface area contributed by atoms with Crippen molar-refractivity contribution in [1.82, 2.24) is 15.3 Å². The summed E-state index contributed by atoms with van der Waals surface area (Å²) in [4.78, 5) is 29.6. The molecule has 1 aromatic rings. The normalized spacial score (nSPS) is 9.95. The average Bonchev–Trinajstić information content (AvgIpc) is 2.39. The Morgan fingerprint density at radius 2 is 2.16 bits per heavy atom. The molecule has 0 atom stereocenters. The molecule has 0 unspecified atom stereocenters. The van der Waals surface area contributed by atoms with Crippen LogP contribution in [0, 0.1) is 0 Å². The van der Waals surface area contributed by atoms with Crippen LogP contribution in [0.3, 0.4) is 0 Å². The highest BCUT2D eigenvalue weighted by Gasteiger charge is 2.06. The highest BCUT2D eigenvalue weighted by Crippen LogP contribution is 2.01. The fourth-order valence-electron chi connectivity index (χ4n) is 1.24. The largest absolute Gasteiger partial charge is 0.476 e. The fraction of sp³-hybridized carbons (Fsp3) is 0.455. The van der Waals surface area contributed by atoms with Crippen LogP contribution >= 0.6 is 0 Å². The second-order valence-corrected chi connectivity index (χ2v) is 3.61. The van der Waals surface area contributed by atoms with Crippen molar-refractivity contribution in [2.75, 3.05) is 32.1 Å². The maximum absolute atomic E-state index is 11.3. The van der Waals surface area contributed by atoms with Crippen molar-refractivity contribution in [1.29, 1.82) is 0 Å². The van der Waals surface area contributed by atoms with Crippen LogP contribution in [0.1, 0.15) is 16.9 Å². The molecule has 0 bridgehead atoms. The van der Waals surface area contributed by atoms with Gasteiger partial charge in [0.15, 0.2) is 5.69 Å². The molecule has 0 saturated carbocycles. The zero-order valence-corrected chi connectivity index (χ0v) is 10.5. The molecule has 1 rings (SSSR count). The molecule has 1 heterocycles. The van der Waals surface area contributed by atoms with Gasteiger partial charge in [0.05, 0.1) is 19.0 Å². The van der Waals surface area contributed by atoms with E-state index >= 15 is 0 Å². The fourth-order valence-corrected chi connectivity index (χ4v) is 1.24. The number of carbonyl (C=O) groups is 2. The predicted molar refractivity (Wildman–Crippen MR) is 67.0 cm³/mol. The zero-order valence-electron chi connectivity index (χ0n) is 10.5. The van der Waals surface area contributed by atoms with E-state index in [1.54, 1.807) is 7.11 Å². The third-order valence-electron chi connectivity index (χ3n) is 2.14. The van der Waals surface area contributed by atoms with Gasteiger partial charge in [0, 0.05) is 26.6 Å². The van der Waals surface area contributed by atoms with Gasteiger partial charge in [-0.05, 0) is 0 Å². The smallest absolute Gasteiger partial charge is 0.356 e. The average molecular weight is 268 g/mol. The van der Waals surface area contributed by atoms with Crippen LogP contribution in [-0.2, 0) is 9.53 Å². The van der Waals surface area contributed by atoms with Crippen LogP contribution in [0.15, 0.2) is 12.4 Å². The van der Waals surface area contributed by atoms with E-state index in [4.69, 9.17) is 9.84 Å². The van der Waals surface area contributed by atoms with Gasteiger partial charge in [-0.15, -0.1) is 0 Å². The summed E-state index contributed by atoms with van der Waals surface area (Å²) in [5, 5.41) is 14.2. The number of rotatable bonds is 8. The van der Waals surface area contributed by atoms with Gasteiger partial charge in [-0.25, -0.2) is 9.78 Å². The lowest BCUT2D eigenvalue weighted by Gasteiger charge is -2.06. The lowest BCUT2D eigenvalue weighted by molar-refractivity contribution is -0.121. The number of nitrogens with one attached hydrogen (secondary N) is 2. The Kier molecular flexibility index (Phi) is 6.23. The molecule has 1 aromatic heterocycles. The number of hydrogen-bond acceptors (Lipinski definition) is 6. The van der Waals surface area contributed by atoms with Crippen LogP contribution in [0.2, 0.25) is 0 Å². The molecule has 0 radical (unpaired) electrons. The van der Waals surface area contributed by atoms with Crippen molar-refractivity contribution in [2.45, 2.75) is 6.42 Å². The first-order valence-corrected chi connectivity index (χ1v) is 5.68. The Morgan fingerprint density at radius 1 is 1.37 bits per heavy atom. The van der Waals surface area contributed by atoms with Crippen molar-refractivity contribution in [2.24, 2.45) is 0 Å². The van der Waals surface area contributed by atoms with Gasteiger partial charge in [-0.1, -0.05) is 0 Å². The molecular formula is C11H16N4O4. The van der Waals surface area contributed by atoms with Crippen LogP contribution in [0.25, 0.3) is 0 Å². The molecule has 104 valence electrons. The molecule has 3 N–H and O–H groups in total. The number of amides is 1. The second kappa shape index (κ2) is 7.98. The first-order valence-electron chi connectivity index (χ1n) is 5.68. The zero-order chi connectivity index (χ0) is 14.1. The maximum atomic E-state index is 11.3. The molecule has 0 aliphatic carbocycles. The van der Waals surface area contributed by atoms with Gasteiger partial charge in [-0.3, -0.25) is 9.78 Å². The topological polar surface area (TPSA) is 113 Å². The first kappa shape index (κ1) is 14.8. The number of hydrogen-bond donors (Lipinski definition) is 3. The summed E-state index contributed by atoms with van der Waals surface area (Å²) in [6, 6.07) is 0. The molecule has 8 heteroatoms. The minimum Gasteiger partial charge on any atom is -0.476 e. The summed E-state index contributed by atoms with van der Waals surface area (Å²) < 4.78 is 4.80. The molecule has 1 amide bonds. The van der Waals surface area contributed by atoms with Crippen LogP contribution in [-0.4, -0.2) is 53.8 Å². The van der Waals surface area contributed by atoms with Gasteiger partial charge < -0.3 is 20.5 Å². The molecule has 0 aliphatic rings. The number of nitrogens with zero attached hydrogens (tertiary/aromatic N) is 2. The number of methoxy groups -OCH3 is 1. The van der Waals surface area contributed by atoms with Gasteiger partial charge in [0.25, 0.3) is 0 Å². The number of ether oxygens (including phenoxy) is 1. The van der Waals surface area contributed by atoms with E-state index in [1.807, 2.05) is 0 Å². The van der Waals surface area contributed by atoms with Crippen molar-refractivity contribution in [3.8, 4) is 0 Å². The molecule has 0 aromatic carbocycles. The van der Waals surface area contributed by atoms with Gasteiger partial charge in [0.1, 0.15) is 5.82 Å². The summed E-state index contributed by atoms with van der Waals surface area (Å²) in [5.41, 5.74) is -0.144. The quantitative estimate of drug-likeness (QED) is 0.556. The van der Waals surface area contributed by atoms with Gasteiger partial charge in [0.2, 0.25) is 5.91 Å². The van der Waals surface area contributed by atoms with Gasteiger partial charge in [-0.2, -0.15) is 0 Å². The van der Waals surface area contributed by atoms with E-state index in [0.717, 1.165) is 6.20 Å². The summed E-state index contributed by atoms with van der Waals surface area (Å²) in [7, 11) is 1.56. The van der Waals surface area contributed by atoms with E-state index in [2.05, 4.69) is 20.6 Å². The molecule has 0 saturated heterocycles. The SMILES string of the molecule is COCCNC(=O)CCNc1cncc(C(=O)O)n1. The number of aromatic carboxylic acids is 1. The highest BCUT2D eigenvalue weighted by molar-refractivity contribution is 5.85. The van der Waals surface area contributed by atoms with Crippen molar-refractivity contribution in [3.63, 3.8) is 0 Å². The number of carboxylic acids is 1. The Bertz CT molecular complexity index is 438. The van der Waals surface area contributed by atoms with Crippen LogP contribution < -0.4 is 10.6 Å². The minimum absolute atomic E-state index is 0.119. The lowest BCUT2D eigenvalue weighted by Crippen LogP contribution is -2.28. The standard InChI is InChI=1S/C11H16N4O4/c1-19-5-4-14-10(16)2-3-13-9-7-12-6-8(15-9)11(17)18/h6-7H,2-5H2,1H3,(H,13,15)(H,14,16)(H,17,18). The number of carboxylic acid groups (broad SMARTS) is 1. The van der Waals surface area contributed by atoms with E-state index in [1.165, 1.54) is 6.20 Å². The summed E-state index contributed by atoms with van der Waals surface area (Å²) in [5.74, 6) is -0.940. The van der Waals surface area contributed by atoms with Gasteiger partial charge >= 0.3 is 5.97 Å². The lowest BCUT2D eigenvalue weighted by atomic mass is 10.4. The molecule has 8 nitrogen and oxygen atoms in total. The molecule has 0 fully saturated rings. The predicted octanol–water partition coefficient (Wildman–Crippen LogP) is -0.261. The highest BCUT2D eigenvalue weighted by atomic mass is 16.5. The molecular weight excluding hydrogens is 252 g/mol.